The number of benzene rings is 1. The number of aromatic nitrogens is 1. The number of rotatable bonds is 6. The fourth-order valence-electron chi connectivity index (χ4n) is 2.95. The Morgan fingerprint density at radius 2 is 1.90 bits per heavy atom. The zero-order chi connectivity index (χ0) is 20.0. The number of hydrogen-bond acceptors (Lipinski definition) is 5. The summed E-state index contributed by atoms with van der Waals surface area (Å²) in [6, 6.07) is 7.79. The second-order valence-electron chi connectivity index (χ2n) is 6.43. The zero-order valence-electron chi connectivity index (χ0n) is 16.1. The van der Waals surface area contributed by atoms with Gasteiger partial charge in [0.05, 0.1) is 12.2 Å². The molecule has 160 valence electrons. The largest absolute Gasteiger partial charge is 0.364 e. The van der Waals surface area contributed by atoms with E-state index < -0.39 is 10.0 Å². The second kappa shape index (κ2) is 10.9. The van der Waals surface area contributed by atoms with Gasteiger partial charge in [0.2, 0.25) is 10.0 Å². The van der Waals surface area contributed by atoms with Gasteiger partial charge >= 0.3 is 0 Å². The number of nitrogens with one attached hydrogen (secondary N) is 1. The van der Waals surface area contributed by atoms with Gasteiger partial charge in [-0.15, -0.1) is 24.0 Å². The molecule has 2 aromatic rings. The van der Waals surface area contributed by atoms with Crippen molar-refractivity contribution in [3.63, 3.8) is 0 Å². The topological polar surface area (TPSA) is 91.0 Å². The Kier molecular flexibility index (Phi) is 8.83. The Balaban J connectivity index is 0.00000300. The van der Waals surface area contributed by atoms with Crippen molar-refractivity contribution in [1.29, 1.82) is 0 Å². The lowest BCUT2D eigenvalue weighted by molar-refractivity contribution is 0.259. The van der Waals surface area contributed by atoms with E-state index in [1.54, 1.807) is 18.2 Å². The maximum absolute atomic E-state index is 13.0. The third kappa shape index (κ3) is 6.64. The van der Waals surface area contributed by atoms with E-state index in [9.17, 15) is 12.8 Å². The highest BCUT2D eigenvalue weighted by Gasteiger charge is 2.28. The molecule has 8 nitrogen and oxygen atoms in total. The summed E-state index contributed by atoms with van der Waals surface area (Å²) in [7, 11) is -3.44. The van der Waals surface area contributed by atoms with Crippen LogP contribution in [0.2, 0.25) is 0 Å². The summed E-state index contributed by atoms with van der Waals surface area (Å²) in [5, 5.41) is 6.91. The van der Waals surface area contributed by atoms with E-state index in [4.69, 9.17) is 4.52 Å². The van der Waals surface area contributed by atoms with E-state index in [0.29, 0.717) is 45.0 Å². The van der Waals surface area contributed by atoms with Gasteiger partial charge in [-0.05, 0) is 24.6 Å². The Morgan fingerprint density at radius 3 is 2.48 bits per heavy atom. The minimum Gasteiger partial charge on any atom is -0.364 e. The van der Waals surface area contributed by atoms with Crippen molar-refractivity contribution < 1.29 is 17.3 Å². The monoisotopic (exact) mass is 537 g/mol. The zero-order valence-corrected chi connectivity index (χ0v) is 19.3. The molecule has 1 saturated heterocycles. The SMILES string of the molecule is CCNC(=NCc1ccc(F)cc1)N1CCN(S(=O)(=O)Cc2ccon2)CC1.I. The smallest absolute Gasteiger partial charge is 0.220 e. The molecule has 1 N–H and O–H groups in total. The summed E-state index contributed by atoms with van der Waals surface area (Å²) in [4.78, 5) is 6.64. The van der Waals surface area contributed by atoms with Crippen LogP contribution in [0.25, 0.3) is 0 Å². The van der Waals surface area contributed by atoms with E-state index in [1.165, 1.54) is 22.7 Å². The van der Waals surface area contributed by atoms with Crippen molar-refractivity contribution in [2.24, 2.45) is 4.99 Å². The average Bonchev–Trinajstić information content (AvgIpc) is 3.19. The second-order valence-corrected chi connectivity index (χ2v) is 8.40. The first-order valence-corrected chi connectivity index (χ1v) is 10.7. The van der Waals surface area contributed by atoms with Crippen LogP contribution in [-0.4, -0.2) is 61.5 Å². The van der Waals surface area contributed by atoms with Gasteiger partial charge < -0.3 is 14.7 Å². The standard InChI is InChI=1S/C18H24FN5O3S.HI/c1-2-20-18(21-13-15-3-5-16(19)6-4-15)23-8-10-24(11-9-23)28(25,26)14-17-7-12-27-22-17;/h3-7,12H,2,8-11,13-14H2,1H3,(H,20,21);1H. The lowest BCUT2D eigenvalue weighted by Gasteiger charge is -2.35. The molecular formula is C18H25FIN5O3S. The predicted octanol–water partition coefficient (Wildman–Crippen LogP) is 2.04. The van der Waals surface area contributed by atoms with Crippen LogP contribution in [0.5, 0.6) is 0 Å². The van der Waals surface area contributed by atoms with Crippen molar-refractivity contribution in [2.45, 2.75) is 19.2 Å². The molecule has 1 aliphatic heterocycles. The summed E-state index contributed by atoms with van der Waals surface area (Å²) in [6.07, 6.45) is 1.36. The van der Waals surface area contributed by atoms with Crippen LogP contribution >= 0.6 is 24.0 Å². The average molecular weight is 537 g/mol. The lowest BCUT2D eigenvalue weighted by Crippen LogP contribution is -2.53. The molecule has 0 amide bonds. The van der Waals surface area contributed by atoms with Crippen LogP contribution in [0.1, 0.15) is 18.2 Å². The molecule has 0 bridgehead atoms. The summed E-state index contributed by atoms with van der Waals surface area (Å²) in [5.41, 5.74) is 1.31. The Bertz CT molecular complexity index is 883. The fraction of sp³-hybridized carbons (Fsp3) is 0.444. The van der Waals surface area contributed by atoms with Crippen LogP contribution in [0, 0.1) is 5.82 Å². The number of aliphatic imine (C=N–C) groups is 1. The summed E-state index contributed by atoms with van der Waals surface area (Å²) in [5.74, 6) is 0.283. The number of piperazine rings is 1. The highest BCUT2D eigenvalue weighted by atomic mass is 127. The van der Waals surface area contributed by atoms with Gasteiger partial charge in [-0.25, -0.2) is 17.8 Å². The molecule has 1 aromatic heterocycles. The highest BCUT2D eigenvalue weighted by molar-refractivity contribution is 14.0. The van der Waals surface area contributed by atoms with Crippen LogP contribution in [0.15, 0.2) is 46.1 Å². The Labute approximate surface area is 187 Å². The Hall–Kier alpha value is -1.73. The summed E-state index contributed by atoms with van der Waals surface area (Å²) >= 11 is 0. The molecule has 0 aliphatic carbocycles. The van der Waals surface area contributed by atoms with Crippen LogP contribution in [-0.2, 0) is 22.3 Å². The highest BCUT2D eigenvalue weighted by Crippen LogP contribution is 2.13. The van der Waals surface area contributed by atoms with E-state index in [0.717, 1.165) is 11.5 Å². The molecule has 1 aromatic carbocycles. The molecule has 0 spiro atoms. The van der Waals surface area contributed by atoms with Crippen molar-refractivity contribution in [3.05, 3.63) is 53.7 Å². The van der Waals surface area contributed by atoms with E-state index in [2.05, 4.69) is 15.5 Å². The minimum absolute atomic E-state index is 0. The third-order valence-corrected chi connectivity index (χ3v) is 6.23. The van der Waals surface area contributed by atoms with Crippen LogP contribution < -0.4 is 5.32 Å². The molecule has 0 saturated carbocycles. The van der Waals surface area contributed by atoms with Gasteiger partial charge in [-0.2, -0.15) is 4.31 Å². The van der Waals surface area contributed by atoms with Crippen molar-refractivity contribution in [3.8, 4) is 0 Å². The maximum atomic E-state index is 13.0. The van der Waals surface area contributed by atoms with E-state index in [1.807, 2.05) is 11.8 Å². The third-order valence-electron chi connectivity index (χ3n) is 4.41. The quantitative estimate of drug-likeness (QED) is 0.345. The molecule has 0 atom stereocenters. The van der Waals surface area contributed by atoms with Crippen molar-refractivity contribution >= 4 is 40.0 Å². The van der Waals surface area contributed by atoms with Crippen molar-refractivity contribution in [2.75, 3.05) is 32.7 Å². The number of halogens is 2. The van der Waals surface area contributed by atoms with E-state index >= 15 is 0 Å². The minimum atomic E-state index is -3.44. The molecule has 11 heteroatoms. The summed E-state index contributed by atoms with van der Waals surface area (Å²) < 4.78 is 44.3. The summed E-state index contributed by atoms with van der Waals surface area (Å²) in [6.45, 7) is 4.93. The number of hydrogen-bond donors (Lipinski definition) is 1. The first kappa shape index (κ1) is 23.5. The molecule has 2 heterocycles. The first-order valence-electron chi connectivity index (χ1n) is 9.12. The van der Waals surface area contributed by atoms with Gasteiger partial charge in [0.15, 0.2) is 5.96 Å². The molecule has 0 unspecified atom stereocenters. The molecular weight excluding hydrogens is 512 g/mol. The molecule has 3 rings (SSSR count). The fourth-order valence-corrected chi connectivity index (χ4v) is 4.37. The van der Waals surface area contributed by atoms with Gasteiger partial charge in [0.1, 0.15) is 17.8 Å². The van der Waals surface area contributed by atoms with Gasteiger partial charge in [-0.1, -0.05) is 17.3 Å². The van der Waals surface area contributed by atoms with Gasteiger partial charge in [0.25, 0.3) is 0 Å². The van der Waals surface area contributed by atoms with Crippen LogP contribution in [0.4, 0.5) is 4.39 Å². The lowest BCUT2D eigenvalue weighted by atomic mass is 10.2. The van der Waals surface area contributed by atoms with Gasteiger partial charge in [-0.3, -0.25) is 0 Å². The number of guanidine groups is 1. The van der Waals surface area contributed by atoms with Crippen LogP contribution in [0.3, 0.4) is 0 Å². The molecule has 29 heavy (non-hydrogen) atoms. The normalized spacial score (nSPS) is 15.8. The van der Waals surface area contributed by atoms with E-state index in [-0.39, 0.29) is 35.5 Å². The predicted molar refractivity (Wildman–Crippen MR) is 119 cm³/mol. The maximum Gasteiger partial charge on any atom is 0.220 e. The van der Waals surface area contributed by atoms with Gasteiger partial charge in [0, 0.05) is 38.8 Å². The first-order chi connectivity index (χ1) is 13.5. The number of nitrogens with zero attached hydrogens (tertiary/aromatic N) is 4. The molecule has 1 fully saturated rings. The number of sulfonamides is 1. The molecule has 1 aliphatic rings. The Morgan fingerprint density at radius 1 is 1.21 bits per heavy atom. The van der Waals surface area contributed by atoms with Crippen molar-refractivity contribution in [1.82, 2.24) is 19.7 Å². The molecule has 0 radical (unpaired) electrons.